The summed E-state index contributed by atoms with van der Waals surface area (Å²) in [5.41, 5.74) is 8.12. The summed E-state index contributed by atoms with van der Waals surface area (Å²) in [6, 6.07) is 2.55. The normalized spacial score (nSPS) is 18.3. The summed E-state index contributed by atoms with van der Waals surface area (Å²) in [7, 11) is 2.55. The summed E-state index contributed by atoms with van der Waals surface area (Å²) in [5.74, 6) is -5.47. The Labute approximate surface area is 277 Å². The lowest BCUT2D eigenvalue weighted by Crippen LogP contribution is -2.53. The third kappa shape index (κ3) is 10.8. The number of hydrogen-bond acceptors (Lipinski definition) is 13. The van der Waals surface area contributed by atoms with E-state index in [1.165, 1.54) is 21.0 Å². The number of nitrogens with two attached hydrogens (primary N) is 1. The molecule has 1 heterocycles. The summed E-state index contributed by atoms with van der Waals surface area (Å²) >= 11 is 0. The Kier molecular flexibility index (Phi) is 15.1. The van der Waals surface area contributed by atoms with Crippen LogP contribution in [-0.4, -0.2) is 148 Å². The molecule has 1 saturated heterocycles. The number of carbonyl (C=O) groups is 6. The number of nitrogens with one attached hydrogen (secondary N) is 4. The molecule has 18 heteroatoms. The molecule has 2 rings (SSSR count). The molecule has 1 aliphatic heterocycles. The first-order valence-corrected chi connectivity index (χ1v) is 15.3. The first-order valence-electron chi connectivity index (χ1n) is 15.3. The number of likely N-dealkylation sites (tertiary alicyclic amines) is 1. The van der Waals surface area contributed by atoms with E-state index in [-0.39, 0.29) is 6.54 Å². The fraction of sp³-hybridized carbons (Fsp3) is 0.600. The van der Waals surface area contributed by atoms with Gasteiger partial charge >= 0.3 is 0 Å². The van der Waals surface area contributed by atoms with Gasteiger partial charge in [0.05, 0.1) is 19.4 Å². The van der Waals surface area contributed by atoms with Gasteiger partial charge in [-0.3, -0.25) is 33.7 Å². The Morgan fingerprint density at radius 3 is 2.27 bits per heavy atom. The third-order valence-electron chi connectivity index (χ3n) is 7.93. The van der Waals surface area contributed by atoms with Gasteiger partial charge in [-0.15, -0.1) is 0 Å². The van der Waals surface area contributed by atoms with Crippen molar-refractivity contribution in [1.29, 1.82) is 0 Å². The van der Waals surface area contributed by atoms with Crippen LogP contribution in [0.2, 0.25) is 0 Å². The Hall–Kier alpha value is -4.36. The van der Waals surface area contributed by atoms with Crippen molar-refractivity contribution < 1.29 is 54.3 Å². The molecule has 268 valence electrons. The van der Waals surface area contributed by atoms with Crippen LogP contribution in [0.15, 0.2) is 18.2 Å². The molecule has 0 aromatic heterocycles. The van der Waals surface area contributed by atoms with E-state index in [0.717, 1.165) is 16.2 Å². The first-order chi connectivity index (χ1) is 22.5. The predicted molar refractivity (Wildman–Crippen MR) is 170 cm³/mol. The van der Waals surface area contributed by atoms with Crippen LogP contribution >= 0.6 is 0 Å². The van der Waals surface area contributed by atoms with Crippen molar-refractivity contribution in [2.45, 2.75) is 69.6 Å². The zero-order valence-electron chi connectivity index (χ0n) is 27.4. The minimum Gasteiger partial charge on any atom is -0.399 e. The second-order valence-electron chi connectivity index (χ2n) is 11.7. The molecule has 0 saturated carbocycles. The molecule has 0 aliphatic carbocycles. The molecule has 1 aromatic rings. The molecule has 0 radical (unpaired) electrons. The van der Waals surface area contributed by atoms with Crippen LogP contribution in [0.1, 0.15) is 31.7 Å². The largest absolute Gasteiger partial charge is 0.399 e. The van der Waals surface area contributed by atoms with E-state index < -0.39 is 110 Å². The molecule has 0 bridgehead atoms. The first kappa shape index (κ1) is 39.8. The zero-order valence-corrected chi connectivity index (χ0v) is 27.4. The summed E-state index contributed by atoms with van der Waals surface area (Å²) in [4.78, 5) is 78.6. The van der Waals surface area contributed by atoms with E-state index in [2.05, 4.69) is 21.3 Å². The second-order valence-corrected chi connectivity index (χ2v) is 11.7. The van der Waals surface area contributed by atoms with Gasteiger partial charge in [0.2, 0.25) is 29.5 Å². The Morgan fingerprint density at radius 1 is 1.02 bits per heavy atom. The molecule has 7 atom stereocenters. The number of hydrogen-bond donors (Lipinski definition) is 10. The van der Waals surface area contributed by atoms with Gasteiger partial charge in [-0.1, -0.05) is 6.92 Å². The minimum atomic E-state index is -1.89. The van der Waals surface area contributed by atoms with Crippen LogP contribution in [-0.2, 0) is 28.8 Å². The highest BCUT2D eigenvalue weighted by atomic mass is 16.4. The van der Waals surface area contributed by atoms with Gasteiger partial charge in [-0.05, 0) is 30.7 Å². The van der Waals surface area contributed by atoms with Gasteiger partial charge in [0.15, 0.2) is 0 Å². The van der Waals surface area contributed by atoms with Crippen molar-refractivity contribution in [3.05, 3.63) is 23.8 Å². The smallest absolute Gasteiger partial charge is 0.253 e. The van der Waals surface area contributed by atoms with E-state index in [1.54, 1.807) is 12.1 Å². The number of amides is 6. The molecule has 1 fully saturated rings. The molecule has 0 spiro atoms. The van der Waals surface area contributed by atoms with E-state index in [9.17, 15) is 49.2 Å². The van der Waals surface area contributed by atoms with Gasteiger partial charge in [-0.25, -0.2) is 0 Å². The highest BCUT2D eigenvalue weighted by molar-refractivity contribution is 6.10. The maximum Gasteiger partial charge on any atom is 0.253 e. The Bertz CT molecular complexity index is 1330. The van der Waals surface area contributed by atoms with Gasteiger partial charge in [0, 0.05) is 57.4 Å². The minimum absolute atomic E-state index is 0.170. The van der Waals surface area contributed by atoms with Crippen LogP contribution in [0.5, 0.6) is 0 Å². The van der Waals surface area contributed by atoms with Gasteiger partial charge in [-0.2, -0.15) is 0 Å². The fourth-order valence-corrected chi connectivity index (χ4v) is 4.88. The average Bonchev–Trinajstić information content (AvgIpc) is 3.32. The fourth-order valence-electron chi connectivity index (χ4n) is 4.88. The summed E-state index contributed by atoms with van der Waals surface area (Å²) in [6.07, 6.45) is -8.58. The molecule has 48 heavy (non-hydrogen) atoms. The second kappa shape index (κ2) is 18.3. The molecular formula is C30H47N7O11. The highest BCUT2D eigenvalue weighted by Crippen LogP contribution is 2.20. The summed E-state index contributed by atoms with van der Waals surface area (Å²) < 4.78 is 0. The average molecular weight is 682 g/mol. The number of nitrogen functional groups attached to an aromatic ring is 1. The number of likely N-dealkylation sites (N-methyl/N-ethyl adjacent to an activating group) is 2. The number of imide groups is 1. The lowest BCUT2D eigenvalue weighted by molar-refractivity contribution is -0.148. The van der Waals surface area contributed by atoms with Crippen LogP contribution < -0.4 is 27.0 Å². The number of aliphatic hydroxyl groups is 5. The number of nitrogens with zero attached hydrogens (tertiary/aromatic N) is 2. The van der Waals surface area contributed by atoms with Gasteiger partial charge < -0.3 is 57.4 Å². The van der Waals surface area contributed by atoms with Crippen molar-refractivity contribution in [3.8, 4) is 0 Å². The summed E-state index contributed by atoms with van der Waals surface area (Å²) in [5, 5.41) is 58.7. The Morgan fingerprint density at radius 2 is 1.67 bits per heavy atom. The van der Waals surface area contributed by atoms with Gasteiger partial charge in [0.25, 0.3) is 5.91 Å². The molecule has 11 N–H and O–H groups in total. The highest BCUT2D eigenvalue weighted by Gasteiger charge is 2.46. The van der Waals surface area contributed by atoms with E-state index in [4.69, 9.17) is 10.8 Å². The molecule has 18 nitrogen and oxygen atoms in total. The van der Waals surface area contributed by atoms with Crippen LogP contribution in [0.4, 0.5) is 11.4 Å². The van der Waals surface area contributed by atoms with Crippen molar-refractivity contribution >= 4 is 46.8 Å². The standard InChI is InChI=1S/C30H47N7O11/c1-15-9-17(5-6-18(15)31)33-7-8-34-23(41)12-20(29(47)32-3)37-25(43)11-19(30(37)48)35-28(46)16(2)10-24(42)36(4)13-21(39)26(44)27(45)22(40)14-38/h5-6,9,16,19-22,26-27,33,38-40,44-45H,7-8,10-14,31H2,1-4H3,(H,32,47)(H,34,41)(H,35,46). The SMILES string of the molecule is CNC(=O)C(CC(=O)NCCNc1ccc(N)c(C)c1)N1C(=O)CC(NC(=O)C(C)CC(=O)N(C)CC(O)C(O)C(O)C(O)CO)C1=O. The maximum absolute atomic E-state index is 13.2. The molecular weight excluding hydrogens is 634 g/mol. The van der Waals surface area contributed by atoms with Crippen molar-refractivity contribution in [2.24, 2.45) is 5.92 Å². The molecule has 1 aromatic carbocycles. The number of aliphatic hydroxyl groups excluding tert-OH is 5. The monoisotopic (exact) mass is 681 g/mol. The number of anilines is 2. The number of carbonyl (C=O) groups excluding carboxylic acids is 6. The van der Waals surface area contributed by atoms with Crippen LogP contribution in [0.25, 0.3) is 0 Å². The number of rotatable bonds is 18. The van der Waals surface area contributed by atoms with E-state index in [1.807, 2.05) is 13.0 Å². The molecule has 6 amide bonds. The lowest BCUT2D eigenvalue weighted by Gasteiger charge is -2.29. The van der Waals surface area contributed by atoms with Crippen LogP contribution in [0, 0.1) is 12.8 Å². The van der Waals surface area contributed by atoms with E-state index >= 15 is 0 Å². The molecule has 7 unspecified atom stereocenters. The zero-order chi connectivity index (χ0) is 36.3. The maximum atomic E-state index is 13.2. The van der Waals surface area contributed by atoms with Crippen molar-refractivity contribution in [1.82, 2.24) is 25.8 Å². The van der Waals surface area contributed by atoms with Crippen LogP contribution in [0.3, 0.4) is 0 Å². The Balaban J connectivity index is 1.93. The van der Waals surface area contributed by atoms with Crippen molar-refractivity contribution in [3.63, 3.8) is 0 Å². The quantitative estimate of drug-likeness (QED) is 0.0400. The van der Waals surface area contributed by atoms with Crippen molar-refractivity contribution in [2.75, 3.05) is 51.4 Å². The number of aryl methyl sites for hydroxylation is 1. The summed E-state index contributed by atoms with van der Waals surface area (Å²) in [6.45, 7) is 2.39. The predicted octanol–water partition coefficient (Wildman–Crippen LogP) is -4.23. The topological polar surface area (TPSA) is 284 Å². The van der Waals surface area contributed by atoms with Gasteiger partial charge in [0.1, 0.15) is 36.5 Å². The number of benzene rings is 1. The van der Waals surface area contributed by atoms with E-state index in [0.29, 0.717) is 17.1 Å². The molecule has 1 aliphatic rings. The third-order valence-corrected chi connectivity index (χ3v) is 7.93. The lowest BCUT2D eigenvalue weighted by atomic mass is 10.0.